The third-order valence-electron chi connectivity index (χ3n) is 2.96. The molecule has 1 aromatic carbocycles. The zero-order valence-corrected chi connectivity index (χ0v) is 16.6. The lowest BCUT2D eigenvalue weighted by Gasteiger charge is -2.46. The summed E-state index contributed by atoms with van der Waals surface area (Å²) >= 11 is 5.33. The second-order valence-electron chi connectivity index (χ2n) is 6.95. The Hall–Kier alpha value is -0.656. The van der Waals surface area contributed by atoms with Gasteiger partial charge in [0, 0.05) is 11.3 Å². The number of rotatable bonds is 5. The van der Waals surface area contributed by atoms with Gasteiger partial charge in [0.25, 0.3) is 0 Å². The first kappa shape index (κ1) is 17.4. The molecule has 0 heterocycles. The molecule has 0 saturated carbocycles. The summed E-state index contributed by atoms with van der Waals surface area (Å²) in [5, 5.41) is 0.598. The maximum absolute atomic E-state index is 5.47. The van der Waals surface area contributed by atoms with Gasteiger partial charge in [0.15, 0.2) is 5.05 Å². The van der Waals surface area contributed by atoms with E-state index in [9.17, 15) is 0 Å². The van der Waals surface area contributed by atoms with Gasteiger partial charge in [-0.15, -0.1) is 0 Å². The van der Waals surface area contributed by atoms with Gasteiger partial charge in [-0.1, -0.05) is 51.4 Å². The average molecular weight is 326 g/mol. The lowest BCUT2D eigenvalue weighted by atomic mass is 10.2. The molecule has 0 amide bonds. The first-order valence-electron chi connectivity index (χ1n) is 7.15. The number of thiocarbonyl (C=S) groups is 1. The predicted octanol–water partition coefficient (Wildman–Crippen LogP) is 4.87. The summed E-state index contributed by atoms with van der Waals surface area (Å²) in [6, 6.07) is 8.51. The van der Waals surface area contributed by atoms with Gasteiger partial charge in [-0.3, -0.25) is 0 Å². The zero-order chi connectivity index (χ0) is 15.6. The second kappa shape index (κ2) is 6.41. The van der Waals surface area contributed by atoms with E-state index in [1.165, 1.54) is 5.69 Å². The standard InChI is InChI=1S/C15H27NOSSi2/c1-8-17-15(18)13-10-9-11-14(12-13)16(19(2,3)4)20(5,6)7/h9-12H,8H2,1-7H3. The maximum Gasteiger partial charge on any atom is 0.191 e. The zero-order valence-electron chi connectivity index (χ0n) is 13.8. The molecule has 112 valence electrons. The van der Waals surface area contributed by atoms with Crippen LogP contribution in [0.5, 0.6) is 0 Å². The quantitative estimate of drug-likeness (QED) is 0.566. The van der Waals surface area contributed by atoms with E-state index >= 15 is 0 Å². The van der Waals surface area contributed by atoms with Crippen molar-refractivity contribution in [2.45, 2.75) is 46.2 Å². The Bertz CT molecular complexity index is 463. The normalized spacial score (nSPS) is 12.2. The van der Waals surface area contributed by atoms with Gasteiger partial charge in [-0.25, -0.2) is 0 Å². The third-order valence-corrected chi connectivity index (χ3v) is 10.5. The molecular formula is C15H27NOSSi2. The van der Waals surface area contributed by atoms with Gasteiger partial charge in [0.2, 0.25) is 0 Å². The van der Waals surface area contributed by atoms with E-state index in [1.807, 2.05) is 13.0 Å². The monoisotopic (exact) mass is 325 g/mol. The Morgan fingerprint density at radius 1 is 1.10 bits per heavy atom. The van der Waals surface area contributed by atoms with Crippen molar-refractivity contribution in [1.29, 1.82) is 0 Å². The summed E-state index contributed by atoms with van der Waals surface area (Å²) in [7, 11) is -2.86. The molecule has 0 fully saturated rings. The van der Waals surface area contributed by atoms with E-state index in [0.717, 1.165) is 5.56 Å². The summed E-state index contributed by atoms with van der Waals surface area (Å²) in [6.07, 6.45) is 0. The van der Waals surface area contributed by atoms with E-state index < -0.39 is 16.5 Å². The van der Waals surface area contributed by atoms with Crippen molar-refractivity contribution >= 4 is 39.4 Å². The Balaban J connectivity index is 3.23. The molecule has 0 radical (unpaired) electrons. The number of hydrogen-bond donors (Lipinski definition) is 0. The van der Waals surface area contributed by atoms with Crippen LogP contribution in [0.2, 0.25) is 39.3 Å². The van der Waals surface area contributed by atoms with Gasteiger partial charge in [0.05, 0.1) is 6.61 Å². The largest absolute Gasteiger partial charge is 0.483 e. The van der Waals surface area contributed by atoms with Crippen molar-refractivity contribution in [1.82, 2.24) is 0 Å². The smallest absolute Gasteiger partial charge is 0.191 e. The maximum atomic E-state index is 5.47. The summed E-state index contributed by atoms with van der Waals surface area (Å²) in [5.74, 6) is 0. The van der Waals surface area contributed by atoms with Crippen molar-refractivity contribution in [3.8, 4) is 0 Å². The van der Waals surface area contributed by atoms with E-state index in [2.05, 4.69) is 61.7 Å². The van der Waals surface area contributed by atoms with Gasteiger partial charge in [0.1, 0.15) is 16.5 Å². The van der Waals surface area contributed by atoms with Crippen molar-refractivity contribution in [2.24, 2.45) is 0 Å². The molecule has 0 saturated heterocycles. The molecular weight excluding hydrogens is 298 g/mol. The summed E-state index contributed by atoms with van der Waals surface area (Å²) in [4.78, 5) is 0. The molecule has 1 rings (SSSR count). The van der Waals surface area contributed by atoms with Crippen molar-refractivity contribution in [2.75, 3.05) is 10.8 Å². The molecule has 2 nitrogen and oxygen atoms in total. The number of hydrogen-bond acceptors (Lipinski definition) is 3. The molecule has 0 bridgehead atoms. The minimum absolute atomic E-state index is 0.598. The lowest BCUT2D eigenvalue weighted by Crippen LogP contribution is -2.59. The molecule has 0 atom stereocenters. The minimum Gasteiger partial charge on any atom is -0.483 e. The highest BCUT2D eigenvalue weighted by Crippen LogP contribution is 2.29. The fourth-order valence-electron chi connectivity index (χ4n) is 2.77. The fraction of sp³-hybridized carbons (Fsp3) is 0.533. The number of anilines is 1. The Morgan fingerprint density at radius 2 is 1.65 bits per heavy atom. The van der Waals surface area contributed by atoms with Gasteiger partial charge < -0.3 is 8.97 Å². The highest BCUT2D eigenvalue weighted by atomic mass is 32.1. The number of ether oxygens (including phenoxy) is 1. The van der Waals surface area contributed by atoms with Crippen LogP contribution in [0, 0.1) is 0 Å². The van der Waals surface area contributed by atoms with E-state index in [4.69, 9.17) is 17.0 Å². The molecule has 0 aliphatic rings. The van der Waals surface area contributed by atoms with E-state index in [-0.39, 0.29) is 0 Å². The molecule has 5 heteroatoms. The second-order valence-corrected chi connectivity index (χ2v) is 17.3. The first-order valence-corrected chi connectivity index (χ1v) is 14.4. The lowest BCUT2D eigenvalue weighted by molar-refractivity contribution is 0.337. The average Bonchev–Trinajstić information content (AvgIpc) is 2.25. The molecule has 20 heavy (non-hydrogen) atoms. The highest BCUT2D eigenvalue weighted by Gasteiger charge is 2.34. The van der Waals surface area contributed by atoms with Crippen molar-refractivity contribution in [3.05, 3.63) is 29.8 Å². The Labute approximate surface area is 131 Å². The fourth-order valence-corrected chi connectivity index (χ4v) is 12.9. The van der Waals surface area contributed by atoms with Gasteiger partial charge in [-0.05, 0) is 31.3 Å². The van der Waals surface area contributed by atoms with Crippen LogP contribution in [-0.4, -0.2) is 28.1 Å². The number of benzene rings is 1. The summed E-state index contributed by atoms with van der Waals surface area (Å²) < 4.78 is 8.16. The predicted molar refractivity (Wildman–Crippen MR) is 98.9 cm³/mol. The first-order chi connectivity index (χ1) is 9.07. The molecule has 0 N–H and O–H groups in total. The topological polar surface area (TPSA) is 12.5 Å². The molecule has 1 aromatic rings. The van der Waals surface area contributed by atoms with Crippen molar-refractivity contribution < 1.29 is 4.74 Å². The van der Waals surface area contributed by atoms with Crippen LogP contribution < -0.4 is 4.23 Å². The Morgan fingerprint density at radius 3 is 2.10 bits per heavy atom. The SMILES string of the molecule is CCOC(=S)c1cccc(N([Si](C)(C)C)[Si](C)(C)C)c1. The van der Waals surface area contributed by atoms with E-state index in [1.54, 1.807) is 0 Å². The summed E-state index contributed by atoms with van der Waals surface area (Å²) in [6.45, 7) is 17.0. The van der Waals surface area contributed by atoms with Crippen LogP contribution in [0.25, 0.3) is 0 Å². The molecule has 0 aliphatic carbocycles. The highest BCUT2D eigenvalue weighted by molar-refractivity contribution is 7.80. The van der Waals surface area contributed by atoms with E-state index in [0.29, 0.717) is 11.7 Å². The number of nitrogens with zero attached hydrogens (tertiary/aromatic N) is 1. The van der Waals surface area contributed by atoms with Crippen LogP contribution in [0.1, 0.15) is 12.5 Å². The van der Waals surface area contributed by atoms with Crippen LogP contribution in [-0.2, 0) is 4.74 Å². The molecule has 0 aliphatic heterocycles. The Kier molecular flexibility index (Phi) is 5.57. The molecule has 0 aromatic heterocycles. The third kappa shape index (κ3) is 4.43. The van der Waals surface area contributed by atoms with Crippen LogP contribution in [0.15, 0.2) is 24.3 Å². The molecule has 0 spiro atoms. The minimum atomic E-state index is -1.43. The van der Waals surface area contributed by atoms with Crippen LogP contribution >= 0.6 is 12.2 Å². The molecule has 0 unspecified atom stereocenters. The van der Waals surface area contributed by atoms with Gasteiger partial charge >= 0.3 is 0 Å². The summed E-state index contributed by atoms with van der Waals surface area (Å²) in [5.41, 5.74) is 2.31. The van der Waals surface area contributed by atoms with Crippen LogP contribution in [0.4, 0.5) is 5.69 Å². The van der Waals surface area contributed by atoms with Crippen molar-refractivity contribution in [3.63, 3.8) is 0 Å². The van der Waals surface area contributed by atoms with Crippen LogP contribution in [0.3, 0.4) is 0 Å². The van der Waals surface area contributed by atoms with Gasteiger partial charge in [-0.2, -0.15) is 0 Å².